The van der Waals surface area contributed by atoms with Gasteiger partial charge in [-0.2, -0.15) is 0 Å². The lowest BCUT2D eigenvalue weighted by molar-refractivity contribution is 0.683. The van der Waals surface area contributed by atoms with E-state index in [1.54, 1.807) is 11.3 Å². The average Bonchev–Trinajstić information content (AvgIpc) is 2.75. The molecule has 0 spiro atoms. The Balaban J connectivity index is 1.85. The number of pyridine rings is 1. The van der Waals surface area contributed by atoms with Crippen LogP contribution in [0.25, 0.3) is 0 Å². The smallest absolute Gasteiger partial charge is 0.188 e. The van der Waals surface area contributed by atoms with Gasteiger partial charge in [0, 0.05) is 11.1 Å². The summed E-state index contributed by atoms with van der Waals surface area (Å²) < 4.78 is 0. The number of aromatic nitrogens is 2. The SMILES string of the molecule is Cc1cnc(Nc2nc3c(s2)CCCC3)c(N)c1. The number of nitrogens with zero attached hydrogens (tertiary/aromatic N) is 2. The molecule has 2 heterocycles. The monoisotopic (exact) mass is 260 g/mol. The van der Waals surface area contributed by atoms with Gasteiger partial charge in [-0.1, -0.05) is 0 Å². The van der Waals surface area contributed by atoms with Crippen molar-refractivity contribution in [2.24, 2.45) is 0 Å². The van der Waals surface area contributed by atoms with Crippen LogP contribution in [0.1, 0.15) is 29.0 Å². The molecule has 0 unspecified atom stereocenters. The molecule has 0 saturated carbocycles. The molecule has 5 heteroatoms. The Kier molecular flexibility index (Phi) is 2.91. The highest BCUT2D eigenvalue weighted by molar-refractivity contribution is 7.15. The van der Waals surface area contributed by atoms with Crippen molar-refractivity contribution < 1.29 is 0 Å². The standard InChI is InChI=1S/C13H16N4S/c1-8-6-9(14)12(15-7-8)17-13-16-10-4-2-3-5-11(10)18-13/h6-7H,2-5,14H2,1H3,(H,15,16,17). The molecule has 0 fully saturated rings. The molecule has 2 aromatic heterocycles. The van der Waals surface area contributed by atoms with Crippen LogP contribution < -0.4 is 11.1 Å². The summed E-state index contributed by atoms with van der Waals surface area (Å²) in [4.78, 5) is 10.3. The summed E-state index contributed by atoms with van der Waals surface area (Å²) in [5, 5.41) is 4.14. The van der Waals surface area contributed by atoms with Gasteiger partial charge in [0.25, 0.3) is 0 Å². The first-order chi connectivity index (χ1) is 8.72. The Morgan fingerprint density at radius 3 is 2.94 bits per heavy atom. The van der Waals surface area contributed by atoms with E-state index in [0.29, 0.717) is 11.5 Å². The van der Waals surface area contributed by atoms with E-state index in [1.165, 1.54) is 23.4 Å². The van der Waals surface area contributed by atoms with E-state index >= 15 is 0 Å². The zero-order chi connectivity index (χ0) is 12.5. The lowest BCUT2D eigenvalue weighted by Crippen LogP contribution is -2.00. The predicted octanol–water partition coefficient (Wildman–Crippen LogP) is 3.05. The fraction of sp³-hybridized carbons (Fsp3) is 0.385. The second-order valence-electron chi connectivity index (χ2n) is 4.67. The number of thiazole rings is 1. The summed E-state index contributed by atoms with van der Waals surface area (Å²) in [7, 11) is 0. The number of nitrogens with two attached hydrogens (primary N) is 1. The van der Waals surface area contributed by atoms with Crippen molar-refractivity contribution in [2.75, 3.05) is 11.1 Å². The minimum absolute atomic E-state index is 0.670. The van der Waals surface area contributed by atoms with E-state index < -0.39 is 0 Å². The molecule has 1 aliphatic rings. The number of rotatable bonds is 2. The van der Waals surface area contributed by atoms with E-state index in [0.717, 1.165) is 23.5 Å². The van der Waals surface area contributed by atoms with E-state index in [9.17, 15) is 0 Å². The van der Waals surface area contributed by atoms with Crippen LogP contribution in [0.4, 0.5) is 16.6 Å². The summed E-state index contributed by atoms with van der Waals surface area (Å²) >= 11 is 1.73. The van der Waals surface area contributed by atoms with Gasteiger partial charge in [0.15, 0.2) is 10.9 Å². The topological polar surface area (TPSA) is 63.8 Å². The van der Waals surface area contributed by atoms with E-state index in [1.807, 2.05) is 19.2 Å². The Hall–Kier alpha value is -1.62. The van der Waals surface area contributed by atoms with Crippen molar-refractivity contribution in [3.8, 4) is 0 Å². The Labute approximate surface area is 110 Å². The lowest BCUT2D eigenvalue weighted by Gasteiger charge is -2.06. The largest absolute Gasteiger partial charge is 0.396 e. The number of hydrogen-bond donors (Lipinski definition) is 2. The molecule has 4 nitrogen and oxygen atoms in total. The van der Waals surface area contributed by atoms with Crippen LogP contribution >= 0.6 is 11.3 Å². The normalized spacial score (nSPS) is 14.3. The first-order valence-corrected chi connectivity index (χ1v) is 7.02. The molecule has 0 aromatic carbocycles. The molecule has 18 heavy (non-hydrogen) atoms. The lowest BCUT2D eigenvalue weighted by atomic mass is 10.0. The van der Waals surface area contributed by atoms with E-state index in [4.69, 9.17) is 5.73 Å². The van der Waals surface area contributed by atoms with Crippen LogP contribution in [0.3, 0.4) is 0 Å². The van der Waals surface area contributed by atoms with Crippen LogP contribution in [0.2, 0.25) is 0 Å². The third kappa shape index (κ3) is 2.18. The number of fused-ring (bicyclic) bond motifs is 1. The van der Waals surface area contributed by atoms with E-state index in [-0.39, 0.29) is 0 Å². The number of aryl methyl sites for hydroxylation is 3. The third-order valence-electron chi connectivity index (χ3n) is 3.12. The Bertz CT molecular complexity index is 553. The van der Waals surface area contributed by atoms with Gasteiger partial charge in [-0.15, -0.1) is 11.3 Å². The van der Waals surface area contributed by atoms with Crippen molar-refractivity contribution >= 4 is 28.0 Å². The third-order valence-corrected chi connectivity index (χ3v) is 4.20. The first kappa shape index (κ1) is 11.5. The average molecular weight is 260 g/mol. The maximum absolute atomic E-state index is 5.94. The van der Waals surface area contributed by atoms with Crippen LogP contribution in [-0.4, -0.2) is 9.97 Å². The molecular weight excluding hydrogens is 244 g/mol. The van der Waals surface area contributed by atoms with Crippen LogP contribution in [0, 0.1) is 6.92 Å². The number of anilines is 3. The second-order valence-corrected chi connectivity index (χ2v) is 5.76. The quantitative estimate of drug-likeness (QED) is 0.871. The van der Waals surface area contributed by atoms with Gasteiger partial charge in [-0.05, 0) is 44.2 Å². The molecule has 0 radical (unpaired) electrons. The van der Waals surface area contributed by atoms with Gasteiger partial charge in [0.05, 0.1) is 11.4 Å². The highest BCUT2D eigenvalue weighted by atomic mass is 32.1. The highest BCUT2D eigenvalue weighted by Gasteiger charge is 2.15. The predicted molar refractivity (Wildman–Crippen MR) is 75.4 cm³/mol. The van der Waals surface area contributed by atoms with E-state index in [2.05, 4.69) is 15.3 Å². The molecule has 3 rings (SSSR count). The summed E-state index contributed by atoms with van der Waals surface area (Å²) in [5.41, 5.74) is 8.93. The zero-order valence-electron chi connectivity index (χ0n) is 10.4. The summed E-state index contributed by atoms with van der Waals surface area (Å²) in [6.45, 7) is 1.98. The molecule has 2 aromatic rings. The first-order valence-electron chi connectivity index (χ1n) is 6.20. The van der Waals surface area contributed by atoms with Gasteiger partial charge in [-0.25, -0.2) is 9.97 Å². The molecule has 0 atom stereocenters. The highest BCUT2D eigenvalue weighted by Crippen LogP contribution is 2.31. The van der Waals surface area contributed by atoms with Gasteiger partial charge in [0.1, 0.15) is 0 Å². The second kappa shape index (κ2) is 4.57. The Morgan fingerprint density at radius 1 is 1.33 bits per heavy atom. The molecule has 3 N–H and O–H groups in total. The molecule has 0 saturated heterocycles. The summed E-state index contributed by atoms with van der Waals surface area (Å²) in [6.07, 6.45) is 6.60. The van der Waals surface area contributed by atoms with Crippen molar-refractivity contribution in [3.05, 3.63) is 28.4 Å². The van der Waals surface area contributed by atoms with Gasteiger partial charge < -0.3 is 11.1 Å². The van der Waals surface area contributed by atoms with Crippen molar-refractivity contribution in [1.29, 1.82) is 0 Å². The molecule has 0 bridgehead atoms. The molecule has 0 amide bonds. The van der Waals surface area contributed by atoms with Crippen molar-refractivity contribution in [3.63, 3.8) is 0 Å². The van der Waals surface area contributed by atoms with Crippen molar-refractivity contribution in [1.82, 2.24) is 9.97 Å². The fourth-order valence-electron chi connectivity index (χ4n) is 2.20. The summed E-state index contributed by atoms with van der Waals surface area (Å²) in [5.74, 6) is 0.701. The minimum atomic E-state index is 0.670. The van der Waals surface area contributed by atoms with Gasteiger partial charge >= 0.3 is 0 Å². The number of nitrogen functional groups attached to an aromatic ring is 1. The minimum Gasteiger partial charge on any atom is -0.396 e. The van der Waals surface area contributed by atoms with Crippen LogP contribution in [-0.2, 0) is 12.8 Å². The van der Waals surface area contributed by atoms with Crippen LogP contribution in [0.5, 0.6) is 0 Å². The number of hydrogen-bond acceptors (Lipinski definition) is 5. The van der Waals surface area contributed by atoms with Gasteiger partial charge in [0.2, 0.25) is 0 Å². The Morgan fingerprint density at radius 2 is 2.17 bits per heavy atom. The fourth-order valence-corrected chi connectivity index (χ4v) is 3.25. The molecule has 94 valence electrons. The number of nitrogens with one attached hydrogen (secondary N) is 1. The summed E-state index contributed by atoms with van der Waals surface area (Å²) in [6, 6.07) is 1.92. The zero-order valence-corrected chi connectivity index (χ0v) is 11.2. The maximum atomic E-state index is 5.94. The molecule has 1 aliphatic carbocycles. The molecule has 0 aliphatic heterocycles. The van der Waals surface area contributed by atoms with Crippen molar-refractivity contribution in [2.45, 2.75) is 32.6 Å². The molecular formula is C13H16N4S. The van der Waals surface area contributed by atoms with Crippen LogP contribution in [0.15, 0.2) is 12.3 Å². The maximum Gasteiger partial charge on any atom is 0.188 e. The van der Waals surface area contributed by atoms with Gasteiger partial charge in [-0.3, -0.25) is 0 Å².